The van der Waals surface area contributed by atoms with Gasteiger partial charge in [0, 0.05) is 17.0 Å². The number of aromatic hydroxyl groups is 1. The van der Waals surface area contributed by atoms with Crippen LogP contribution in [0.1, 0.15) is 50.4 Å². The van der Waals surface area contributed by atoms with Crippen LogP contribution in [0.2, 0.25) is 0 Å². The van der Waals surface area contributed by atoms with E-state index in [1.54, 1.807) is 18.2 Å². The molecule has 0 saturated heterocycles. The second kappa shape index (κ2) is 6.27. The summed E-state index contributed by atoms with van der Waals surface area (Å²) in [6.45, 7) is 0. The standard InChI is InChI=1S/C27H18F2O/c28-16-8-10-20-23(13-16)25(19-11-12-26(29)21-6-2-5-18(19)21)14-24(20)22-9-7-15-3-1-4-17(15)27(22)30/h1-3,5,7-14,25,30H,4,6H2. The van der Waals surface area contributed by atoms with Gasteiger partial charge in [-0.3, -0.25) is 0 Å². The lowest BCUT2D eigenvalue weighted by Gasteiger charge is -2.16. The predicted octanol–water partition coefficient (Wildman–Crippen LogP) is 6.39. The van der Waals surface area contributed by atoms with Crippen LogP contribution in [0.15, 0.2) is 60.7 Å². The van der Waals surface area contributed by atoms with Gasteiger partial charge < -0.3 is 5.11 Å². The van der Waals surface area contributed by atoms with Gasteiger partial charge in [-0.15, -0.1) is 0 Å². The highest BCUT2D eigenvalue weighted by Gasteiger charge is 2.30. The van der Waals surface area contributed by atoms with E-state index in [1.807, 2.05) is 36.4 Å². The summed E-state index contributed by atoms with van der Waals surface area (Å²) in [5.41, 5.74) is 7.89. The number of benzene rings is 3. The first-order chi connectivity index (χ1) is 14.6. The van der Waals surface area contributed by atoms with E-state index >= 15 is 0 Å². The minimum Gasteiger partial charge on any atom is -0.507 e. The number of fused-ring (bicyclic) bond motifs is 3. The summed E-state index contributed by atoms with van der Waals surface area (Å²) in [6, 6.07) is 12.0. The molecule has 1 unspecified atom stereocenters. The Morgan fingerprint density at radius 1 is 0.800 bits per heavy atom. The lowest BCUT2D eigenvalue weighted by Crippen LogP contribution is -2.02. The predicted molar refractivity (Wildman–Crippen MR) is 115 cm³/mol. The molecule has 0 spiro atoms. The fourth-order valence-corrected chi connectivity index (χ4v) is 5.04. The molecule has 1 N–H and O–H groups in total. The number of phenolic OH excluding ortho intramolecular Hbond substituents is 1. The average molecular weight is 396 g/mol. The van der Waals surface area contributed by atoms with Gasteiger partial charge in [-0.1, -0.05) is 54.6 Å². The summed E-state index contributed by atoms with van der Waals surface area (Å²) in [7, 11) is 0. The monoisotopic (exact) mass is 396 g/mol. The number of allylic oxidation sites excluding steroid dienone is 3. The Kier molecular flexibility index (Phi) is 3.64. The third-order valence-corrected chi connectivity index (χ3v) is 6.48. The van der Waals surface area contributed by atoms with E-state index in [0.717, 1.165) is 44.5 Å². The van der Waals surface area contributed by atoms with Crippen LogP contribution < -0.4 is 0 Å². The van der Waals surface area contributed by atoms with Crippen molar-refractivity contribution in [3.05, 3.63) is 117 Å². The van der Waals surface area contributed by atoms with Gasteiger partial charge in [0.25, 0.3) is 0 Å². The molecule has 0 saturated carbocycles. The van der Waals surface area contributed by atoms with Crippen LogP contribution in [-0.2, 0) is 12.8 Å². The van der Waals surface area contributed by atoms with Gasteiger partial charge in [0.05, 0.1) is 0 Å². The first-order valence-corrected chi connectivity index (χ1v) is 10.1. The molecule has 0 aromatic heterocycles. The first-order valence-electron chi connectivity index (χ1n) is 10.1. The summed E-state index contributed by atoms with van der Waals surface area (Å²) < 4.78 is 28.5. The van der Waals surface area contributed by atoms with Gasteiger partial charge in [-0.2, -0.15) is 0 Å². The van der Waals surface area contributed by atoms with E-state index in [1.165, 1.54) is 12.1 Å². The second-order valence-corrected chi connectivity index (χ2v) is 8.06. The molecule has 1 atom stereocenters. The lowest BCUT2D eigenvalue weighted by atomic mass is 9.88. The van der Waals surface area contributed by atoms with Gasteiger partial charge in [0.1, 0.15) is 17.4 Å². The molecule has 0 aliphatic heterocycles. The molecule has 30 heavy (non-hydrogen) atoms. The van der Waals surface area contributed by atoms with Crippen molar-refractivity contribution in [2.75, 3.05) is 0 Å². The van der Waals surface area contributed by atoms with Crippen LogP contribution in [0.4, 0.5) is 8.78 Å². The molecule has 6 rings (SSSR count). The third kappa shape index (κ3) is 2.38. The summed E-state index contributed by atoms with van der Waals surface area (Å²) in [5, 5.41) is 11.0. The zero-order valence-corrected chi connectivity index (χ0v) is 16.1. The molecule has 3 aromatic carbocycles. The Balaban J connectivity index is 1.57. The lowest BCUT2D eigenvalue weighted by molar-refractivity contribution is 0.468. The average Bonchev–Trinajstić information content (AvgIpc) is 3.47. The van der Waals surface area contributed by atoms with E-state index < -0.39 is 0 Å². The molecule has 0 bridgehead atoms. The highest BCUT2D eigenvalue weighted by Crippen LogP contribution is 2.48. The van der Waals surface area contributed by atoms with E-state index in [4.69, 9.17) is 0 Å². The molecule has 3 aliphatic carbocycles. The third-order valence-electron chi connectivity index (χ3n) is 6.48. The van der Waals surface area contributed by atoms with Gasteiger partial charge >= 0.3 is 0 Å². The highest BCUT2D eigenvalue weighted by molar-refractivity contribution is 5.90. The molecule has 0 radical (unpaired) electrons. The van der Waals surface area contributed by atoms with Gasteiger partial charge in [0.15, 0.2) is 0 Å². The molecule has 3 aromatic rings. The molecule has 0 amide bonds. The molecular formula is C27H18F2O. The molecule has 0 fully saturated rings. The van der Waals surface area contributed by atoms with Crippen LogP contribution in [-0.4, -0.2) is 5.11 Å². The van der Waals surface area contributed by atoms with Crippen molar-refractivity contribution in [1.82, 2.24) is 0 Å². The quantitative estimate of drug-likeness (QED) is 0.532. The van der Waals surface area contributed by atoms with E-state index in [-0.39, 0.29) is 23.3 Å². The maximum absolute atomic E-state index is 14.3. The van der Waals surface area contributed by atoms with Crippen LogP contribution in [0.25, 0.3) is 17.7 Å². The van der Waals surface area contributed by atoms with Gasteiger partial charge in [-0.05, 0) is 70.0 Å². The Morgan fingerprint density at radius 2 is 1.60 bits per heavy atom. The fraction of sp³-hybridized carbons (Fsp3) is 0.111. The number of hydrogen-bond acceptors (Lipinski definition) is 1. The summed E-state index contributed by atoms with van der Waals surface area (Å²) in [5.74, 6) is -0.424. The van der Waals surface area contributed by atoms with Crippen LogP contribution in [0.5, 0.6) is 5.75 Å². The number of halogens is 2. The van der Waals surface area contributed by atoms with Crippen LogP contribution in [0, 0.1) is 11.6 Å². The van der Waals surface area contributed by atoms with E-state index in [9.17, 15) is 13.9 Å². The summed E-state index contributed by atoms with van der Waals surface area (Å²) in [6.07, 6.45) is 11.3. The second-order valence-electron chi connectivity index (χ2n) is 8.06. The highest BCUT2D eigenvalue weighted by atomic mass is 19.1. The SMILES string of the molecule is Oc1c(C2=CC(c3ccc(F)c4c3C=CC4)c3cc(F)ccc32)ccc2c1CC=C2. The summed E-state index contributed by atoms with van der Waals surface area (Å²) in [4.78, 5) is 0. The van der Waals surface area contributed by atoms with Crippen molar-refractivity contribution < 1.29 is 13.9 Å². The first kappa shape index (κ1) is 17.4. The Labute approximate surface area is 173 Å². The minimum absolute atomic E-state index is 0.200. The van der Waals surface area contributed by atoms with Crippen molar-refractivity contribution in [1.29, 1.82) is 0 Å². The maximum atomic E-state index is 14.3. The van der Waals surface area contributed by atoms with Crippen molar-refractivity contribution in [3.8, 4) is 5.75 Å². The van der Waals surface area contributed by atoms with Crippen molar-refractivity contribution in [2.45, 2.75) is 18.8 Å². The summed E-state index contributed by atoms with van der Waals surface area (Å²) >= 11 is 0. The fourth-order valence-electron chi connectivity index (χ4n) is 5.04. The van der Waals surface area contributed by atoms with Crippen molar-refractivity contribution >= 4 is 17.7 Å². The number of phenols is 1. The number of hydrogen-bond donors (Lipinski definition) is 1. The minimum atomic E-state index is -0.301. The van der Waals surface area contributed by atoms with E-state index in [0.29, 0.717) is 18.4 Å². The smallest absolute Gasteiger partial charge is 0.127 e. The Bertz CT molecular complexity index is 1330. The molecule has 1 nitrogen and oxygen atoms in total. The van der Waals surface area contributed by atoms with Gasteiger partial charge in [0.2, 0.25) is 0 Å². The van der Waals surface area contributed by atoms with Gasteiger partial charge in [-0.25, -0.2) is 8.78 Å². The topological polar surface area (TPSA) is 20.2 Å². The normalized spacial score (nSPS) is 17.8. The molecule has 146 valence electrons. The number of rotatable bonds is 2. The molecule has 3 heteroatoms. The van der Waals surface area contributed by atoms with E-state index in [2.05, 4.69) is 6.08 Å². The Hall–Kier alpha value is -3.46. The zero-order valence-electron chi connectivity index (χ0n) is 16.1. The maximum Gasteiger partial charge on any atom is 0.127 e. The Morgan fingerprint density at radius 3 is 2.50 bits per heavy atom. The largest absolute Gasteiger partial charge is 0.507 e. The van der Waals surface area contributed by atoms with Crippen LogP contribution in [0.3, 0.4) is 0 Å². The molecule has 3 aliphatic rings. The van der Waals surface area contributed by atoms with Crippen molar-refractivity contribution in [3.63, 3.8) is 0 Å². The van der Waals surface area contributed by atoms with Crippen molar-refractivity contribution in [2.24, 2.45) is 0 Å². The molecular weight excluding hydrogens is 378 g/mol. The van der Waals surface area contributed by atoms with Crippen LogP contribution >= 0.6 is 0 Å². The zero-order chi connectivity index (χ0) is 20.4. The molecule has 0 heterocycles.